The Labute approximate surface area is 109 Å². The third-order valence-corrected chi connectivity index (χ3v) is 2.68. The van der Waals surface area contributed by atoms with Crippen LogP contribution in [0.15, 0.2) is 12.2 Å². The highest BCUT2D eigenvalue weighted by Gasteiger charge is 2.24. The van der Waals surface area contributed by atoms with Gasteiger partial charge in [0.15, 0.2) is 0 Å². The van der Waals surface area contributed by atoms with E-state index in [1.807, 2.05) is 0 Å². The van der Waals surface area contributed by atoms with Gasteiger partial charge >= 0.3 is 5.97 Å². The Morgan fingerprint density at radius 1 is 1.28 bits per heavy atom. The molecule has 2 heterocycles. The van der Waals surface area contributed by atoms with Crippen molar-refractivity contribution in [1.29, 1.82) is 0 Å². The molecular weight excluding hydrogens is 232 g/mol. The summed E-state index contributed by atoms with van der Waals surface area (Å²) in [4.78, 5) is 10.7. The number of epoxide rings is 2. The summed E-state index contributed by atoms with van der Waals surface area (Å²) in [5.41, 5.74) is 0.431. The molecule has 0 radical (unpaired) electrons. The molecule has 2 rings (SSSR count). The van der Waals surface area contributed by atoms with Gasteiger partial charge in [0.1, 0.15) is 12.7 Å². The van der Waals surface area contributed by atoms with Gasteiger partial charge in [-0.3, -0.25) is 0 Å². The van der Waals surface area contributed by atoms with E-state index in [1.165, 1.54) is 25.7 Å². The Kier molecular flexibility index (Phi) is 6.98. The van der Waals surface area contributed by atoms with Crippen LogP contribution in [0.4, 0.5) is 0 Å². The fourth-order valence-corrected chi connectivity index (χ4v) is 1.31. The number of hydrogen-bond acceptors (Lipinski definition) is 4. The van der Waals surface area contributed by atoms with Crippen molar-refractivity contribution in [3.8, 4) is 0 Å². The minimum atomic E-state index is -0.337. The summed E-state index contributed by atoms with van der Waals surface area (Å²) in [6.45, 7) is 9.40. The molecule has 0 saturated carbocycles. The molecule has 4 heteroatoms. The minimum Gasteiger partial charge on any atom is -0.459 e. The highest BCUT2D eigenvalue weighted by molar-refractivity contribution is 5.86. The first-order valence-electron chi connectivity index (χ1n) is 6.69. The molecule has 2 aliphatic rings. The molecule has 18 heavy (non-hydrogen) atoms. The third kappa shape index (κ3) is 8.25. The lowest BCUT2D eigenvalue weighted by Gasteiger charge is -1.99. The minimum absolute atomic E-state index is 0.142. The SMILES string of the molecule is C=C(C)C(=O)OCC1CO1.CCCCCC1CO1. The van der Waals surface area contributed by atoms with Crippen LogP contribution in [0, 0.1) is 0 Å². The Morgan fingerprint density at radius 2 is 1.89 bits per heavy atom. The Bertz CT molecular complexity index is 267. The van der Waals surface area contributed by atoms with Crippen LogP contribution < -0.4 is 0 Å². The Morgan fingerprint density at radius 3 is 2.33 bits per heavy atom. The summed E-state index contributed by atoms with van der Waals surface area (Å²) in [5.74, 6) is -0.337. The summed E-state index contributed by atoms with van der Waals surface area (Å²) in [5, 5.41) is 0. The Balaban J connectivity index is 0.000000184. The zero-order chi connectivity index (χ0) is 13.4. The van der Waals surface area contributed by atoms with Gasteiger partial charge in [-0.2, -0.15) is 0 Å². The first kappa shape index (κ1) is 15.2. The van der Waals surface area contributed by atoms with Crippen LogP contribution in [-0.2, 0) is 19.0 Å². The van der Waals surface area contributed by atoms with Gasteiger partial charge < -0.3 is 14.2 Å². The fraction of sp³-hybridized carbons (Fsp3) is 0.786. The van der Waals surface area contributed by atoms with Crippen LogP contribution in [0.3, 0.4) is 0 Å². The molecule has 0 aliphatic carbocycles. The maximum atomic E-state index is 10.7. The van der Waals surface area contributed by atoms with E-state index in [4.69, 9.17) is 14.2 Å². The maximum absolute atomic E-state index is 10.7. The number of carbonyl (C=O) groups excluding carboxylic acids is 1. The molecule has 0 aromatic carbocycles. The van der Waals surface area contributed by atoms with Gasteiger partial charge in [0.2, 0.25) is 0 Å². The molecule has 0 aromatic rings. The monoisotopic (exact) mass is 256 g/mol. The summed E-state index contributed by atoms with van der Waals surface area (Å²) >= 11 is 0. The van der Waals surface area contributed by atoms with Gasteiger partial charge in [-0.15, -0.1) is 0 Å². The number of esters is 1. The molecule has 2 fully saturated rings. The lowest BCUT2D eigenvalue weighted by atomic mass is 10.2. The highest BCUT2D eigenvalue weighted by Crippen LogP contribution is 2.16. The van der Waals surface area contributed by atoms with E-state index in [0.717, 1.165) is 6.61 Å². The second-order valence-corrected chi connectivity index (χ2v) is 4.79. The first-order chi connectivity index (χ1) is 8.63. The molecule has 2 atom stereocenters. The largest absolute Gasteiger partial charge is 0.459 e. The normalized spacial score (nSPS) is 23.7. The van der Waals surface area contributed by atoms with Gasteiger partial charge in [-0.25, -0.2) is 4.79 Å². The molecule has 2 aliphatic heterocycles. The zero-order valence-electron chi connectivity index (χ0n) is 11.4. The number of unbranched alkanes of at least 4 members (excludes halogenated alkanes) is 2. The second kappa shape index (κ2) is 8.27. The van der Waals surface area contributed by atoms with Gasteiger partial charge in [-0.1, -0.05) is 32.8 Å². The number of carbonyl (C=O) groups is 1. The molecule has 104 valence electrons. The van der Waals surface area contributed by atoms with E-state index in [0.29, 0.717) is 24.9 Å². The molecule has 0 aromatic heterocycles. The quantitative estimate of drug-likeness (QED) is 0.304. The van der Waals surface area contributed by atoms with Crippen molar-refractivity contribution in [3.05, 3.63) is 12.2 Å². The molecule has 2 unspecified atom stereocenters. The third-order valence-electron chi connectivity index (χ3n) is 2.68. The number of hydrogen-bond donors (Lipinski definition) is 0. The van der Waals surface area contributed by atoms with E-state index in [1.54, 1.807) is 6.92 Å². The molecule has 0 spiro atoms. The summed E-state index contributed by atoms with van der Waals surface area (Å²) in [7, 11) is 0. The van der Waals surface area contributed by atoms with Crippen LogP contribution in [-0.4, -0.2) is 38.0 Å². The van der Waals surface area contributed by atoms with Crippen molar-refractivity contribution >= 4 is 5.97 Å². The van der Waals surface area contributed by atoms with E-state index in [2.05, 4.69) is 13.5 Å². The van der Waals surface area contributed by atoms with Crippen LogP contribution in [0.25, 0.3) is 0 Å². The topological polar surface area (TPSA) is 51.4 Å². The number of rotatable bonds is 7. The average molecular weight is 256 g/mol. The van der Waals surface area contributed by atoms with Crippen molar-refractivity contribution in [2.75, 3.05) is 19.8 Å². The lowest BCUT2D eigenvalue weighted by Crippen LogP contribution is -2.09. The summed E-state index contributed by atoms with van der Waals surface area (Å²) in [6.07, 6.45) is 6.16. The van der Waals surface area contributed by atoms with Gasteiger partial charge in [0, 0.05) is 5.57 Å². The van der Waals surface area contributed by atoms with Crippen LogP contribution in [0.1, 0.15) is 39.5 Å². The summed E-state index contributed by atoms with van der Waals surface area (Å²) in [6, 6.07) is 0. The molecule has 4 nitrogen and oxygen atoms in total. The number of ether oxygens (including phenoxy) is 3. The van der Waals surface area contributed by atoms with Crippen molar-refractivity contribution in [3.63, 3.8) is 0 Å². The predicted octanol–water partition coefficient (Wildman–Crippen LogP) is 2.47. The van der Waals surface area contributed by atoms with Crippen LogP contribution in [0.2, 0.25) is 0 Å². The standard InChI is InChI=1S/C7H10O3.C7H14O/c1-5(2)7(8)10-4-6-3-9-6;1-2-3-4-5-7-6-8-7/h6H,1,3-4H2,2H3;7H,2-6H2,1H3. The first-order valence-corrected chi connectivity index (χ1v) is 6.69. The van der Waals surface area contributed by atoms with Crippen LogP contribution in [0.5, 0.6) is 0 Å². The van der Waals surface area contributed by atoms with Gasteiger partial charge in [-0.05, 0) is 13.3 Å². The lowest BCUT2D eigenvalue weighted by molar-refractivity contribution is -0.139. The van der Waals surface area contributed by atoms with Crippen molar-refractivity contribution in [2.45, 2.75) is 51.7 Å². The van der Waals surface area contributed by atoms with E-state index >= 15 is 0 Å². The fourth-order valence-electron chi connectivity index (χ4n) is 1.31. The highest BCUT2D eigenvalue weighted by atomic mass is 16.6. The van der Waals surface area contributed by atoms with E-state index in [-0.39, 0.29) is 12.1 Å². The molecule has 0 N–H and O–H groups in total. The van der Waals surface area contributed by atoms with E-state index < -0.39 is 0 Å². The molecular formula is C14H24O4. The Hall–Kier alpha value is -0.870. The summed E-state index contributed by atoms with van der Waals surface area (Å²) < 4.78 is 14.7. The van der Waals surface area contributed by atoms with Crippen molar-refractivity contribution in [2.24, 2.45) is 0 Å². The molecule has 2 saturated heterocycles. The predicted molar refractivity (Wildman–Crippen MR) is 69.4 cm³/mol. The van der Waals surface area contributed by atoms with E-state index in [9.17, 15) is 4.79 Å². The second-order valence-electron chi connectivity index (χ2n) is 4.79. The molecule has 0 amide bonds. The van der Waals surface area contributed by atoms with Crippen LogP contribution >= 0.6 is 0 Å². The van der Waals surface area contributed by atoms with Gasteiger partial charge in [0.25, 0.3) is 0 Å². The maximum Gasteiger partial charge on any atom is 0.333 e. The zero-order valence-corrected chi connectivity index (χ0v) is 11.4. The average Bonchev–Trinajstić information content (AvgIpc) is 3.20. The van der Waals surface area contributed by atoms with Crippen molar-refractivity contribution in [1.82, 2.24) is 0 Å². The molecule has 0 bridgehead atoms. The smallest absolute Gasteiger partial charge is 0.333 e. The van der Waals surface area contributed by atoms with Crippen molar-refractivity contribution < 1.29 is 19.0 Å². The van der Waals surface area contributed by atoms with Gasteiger partial charge in [0.05, 0.1) is 19.3 Å².